The van der Waals surface area contributed by atoms with Crippen LogP contribution in [0.2, 0.25) is 0 Å². The van der Waals surface area contributed by atoms with Gasteiger partial charge in [-0.15, -0.1) is 0 Å². The van der Waals surface area contributed by atoms with E-state index in [0.717, 1.165) is 44.2 Å². The van der Waals surface area contributed by atoms with Gasteiger partial charge in [-0.05, 0) is 37.5 Å². The van der Waals surface area contributed by atoms with Crippen LogP contribution in [0.3, 0.4) is 0 Å². The second-order valence-electron chi connectivity index (χ2n) is 4.29. The normalized spacial score (nSPS) is 11.2. The summed E-state index contributed by atoms with van der Waals surface area (Å²) >= 11 is 0. The first kappa shape index (κ1) is 15.3. The Balaban J connectivity index is 2.37. The molecule has 1 rings (SSSR count). The van der Waals surface area contributed by atoms with E-state index in [1.54, 1.807) is 7.11 Å². The summed E-state index contributed by atoms with van der Waals surface area (Å²) in [5, 5.41) is 6.58. The summed E-state index contributed by atoms with van der Waals surface area (Å²) in [6, 6.07) is 8.17. The Morgan fingerprint density at radius 2 is 1.89 bits per heavy atom. The Morgan fingerprint density at radius 1 is 1.16 bits per heavy atom. The number of methoxy groups -OCH3 is 1. The van der Waals surface area contributed by atoms with E-state index in [2.05, 4.69) is 41.6 Å². The quantitative estimate of drug-likeness (QED) is 0.585. The van der Waals surface area contributed by atoms with Crippen molar-refractivity contribution in [1.29, 1.82) is 0 Å². The van der Waals surface area contributed by atoms with Crippen LogP contribution in [0.15, 0.2) is 29.3 Å². The van der Waals surface area contributed by atoms with E-state index < -0.39 is 0 Å². The SMILES string of the molecule is CCCN=C(NCC)NCCc1ccc(OC)cc1. The molecule has 0 aliphatic carbocycles. The van der Waals surface area contributed by atoms with E-state index in [9.17, 15) is 0 Å². The number of aliphatic imine (C=N–C) groups is 1. The van der Waals surface area contributed by atoms with Gasteiger partial charge in [-0.3, -0.25) is 4.99 Å². The zero-order valence-corrected chi connectivity index (χ0v) is 12.2. The van der Waals surface area contributed by atoms with Gasteiger partial charge in [-0.2, -0.15) is 0 Å². The number of nitrogens with zero attached hydrogens (tertiary/aromatic N) is 1. The number of benzene rings is 1. The largest absolute Gasteiger partial charge is 0.497 e. The van der Waals surface area contributed by atoms with Gasteiger partial charge in [-0.1, -0.05) is 19.1 Å². The molecule has 0 heterocycles. The molecule has 0 saturated carbocycles. The van der Waals surface area contributed by atoms with Gasteiger partial charge in [0.05, 0.1) is 7.11 Å². The van der Waals surface area contributed by atoms with Gasteiger partial charge in [0.25, 0.3) is 0 Å². The lowest BCUT2D eigenvalue weighted by Crippen LogP contribution is -2.38. The van der Waals surface area contributed by atoms with Crippen LogP contribution < -0.4 is 15.4 Å². The molecule has 1 aromatic rings. The van der Waals surface area contributed by atoms with Crippen molar-refractivity contribution in [3.05, 3.63) is 29.8 Å². The third kappa shape index (κ3) is 6.13. The Hall–Kier alpha value is -1.71. The second-order valence-corrected chi connectivity index (χ2v) is 4.29. The fourth-order valence-electron chi connectivity index (χ4n) is 1.68. The van der Waals surface area contributed by atoms with Gasteiger partial charge in [0, 0.05) is 19.6 Å². The zero-order valence-electron chi connectivity index (χ0n) is 12.2. The van der Waals surface area contributed by atoms with Crippen molar-refractivity contribution in [2.24, 2.45) is 4.99 Å². The topological polar surface area (TPSA) is 45.7 Å². The summed E-state index contributed by atoms with van der Waals surface area (Å²) in [6.07, 6.45) is 2.04. The molecular formula is C15H25N3O. The lowest BCUT2D eigenvalue weighted by Gasteiger charge is -2.11. The molecule has 106 valence electrons. The van der Waals surface area contributed by atoms with Gasteiger partial charge in [-0.25, -0.2) is 0 Å². The third-order valence-electron chi connectivity index (χ3n) is 2.70. The van der Waals surface area contributed by atoms with Crippen molar-refractivity contribution in [2.45, 2.75) is 26.7 Å². The fourth-order valence-corrected chi connectivity index (χ4v) is 1.68. The molecule has 19 heavy (non-hydrogen) atoms. The highest BCUT2D eigenvalue weighted by Crippen LogP contribution is 2.11. The third-order valence-corrected chi connectivity index (χ3v) is 2.70. The van der Waals surface area contributed by atoms with Crippen LogP contribution in [0.25, 0.3) is 0 Å². The molecule has 0 atom stereocenters. The molecule has 0 aliphatic rings. The summed E-state index contributed by atoms with van der Waals surface area (Å²) < 4.78 is 5.14. The smallest absolute Gasteiger partial charge is 0.191 e. The molecule has 0 fully saturated rings. The number of ether oxygens (including phenoxy) is 1. The lowest BCUT2D eigenvalue weighted by atomic mass is 10.1. The number of guanidine groups is 1. The first-order chi connectivity index (χ1) is 9.30. The molecule has 0 aliphatic heterocycles. The van der Waals surface area contributed by atoms with Gasteiger partial charge >= 0.3 is 0 Å². The standard InChI is InChI=1S/C15H25N3O/c1-4-11-17-15(16-5-2)18-12-10-13-6-8-14(19-3)9-7-13/h6-9H,4-5,10-12H2,1-3H3,(H2,16,17,18). The maximum absolute atomic E-state index is 5.14. The van der Waals surface area contributed by atoms with Crippen LogP contribution in [0.5, 0.6) is 5.75 Å². The minimum Gasteiger partial charge on any atom is -0.497 e. The fraction of sp³-hybridized carbons (Fsp3) is 0.533. The Bertz CT molecular complexity index is 373. The summed E-state index contributed by atoms with van der Waals surface area (Å²) in [4.78, 5) is 4.46. The molecule has 0 aromatic heterocycles. The van der Waals surface area contributed by atoms with E-state index in [-0.39, 0.29) is 0 Å². The van der Waals surface area contributed by atoms with Crippen molar-refractivity contribution >= 4 is 5.96 Å². The number of nitrogens with one attached hydrogen (secondary N) is 2. The summed E-state index contributed by atoms with van der Waals surface area (Å²) in [6.45, 7) is 6.83. The van der Waals surface area contributed by atoms with Gasteiger partial charge in [0.2, 0.25) is 0 Å². The van der Waals surface area contributed by atoms with Crippen LogP contribution in [0.4, 0.5) is 0 Å². The van der Waals surface area contributed by atoms with E-state index in [1.807, 2.05) is 12.1 Å². The van der Waals surface area contributed by atoms with Crippen molar-refractivity contribution in [3.63, 3.8) is 0 Å². The predicted octanol–water partition coefficient (Wildman–Crippen LogP) is 2.20. The Kier molecular flexibility index (Phi) is 7.47. The zero-order chi connectivity index (χ0) is 13.9. The molecular weight excluding hydrogens is 238 g/mol. The first-order valence-corrected chi connectivity index (χ1v) is 6.95. The van der Waals surface area contributed by atoms with E-state index in [4.69, 9.17) is 4.74 Å². The molecule has 4 heteroatoms. The predicted molar refractivity (Wildman–Crippen MR) is 81.0 cm³/mol. The minimum atomic E-state index is 0.859. The maximum atomic E-state index is 5.14. The van der Waals surface area contributed by atoms with Crippen molar-refractivity contribution in [2.75, 3.05) is 26.7 Å². The van der Waals surface area contributed by atoms with Crippen LogP contribution in [0, 0.1) is 0 Å². The van der Waals surface area contributed by atoms with Gasteiger partial charge in [0.15, 0.2) is 5.96 Å². The van der Waals surface area contributed by atoms with E-state index >= 15 is 0 Å². The second kappa shape index (κ2) is 9.25. The molecule has 0 saturated heterocycles. The highest BCUT2D eigenvalue weighted by molar-refractivity contribution is 5.79. The lowest BCUT2D eigenvalue weighted by molar-refractivity contribution is 0.414. The highest BCUT2D eigenvalue weighted by atomic mass is 16.5. The molecule has 4 nitrogen and oxygen atoms in total. The van der Waals surface area contributed by atoms with E-state index in [0.29, 0.717) is 0 Å². The molecule has 0 spiro atoms. The molecule has 1 aromatic carbocycles. The average Bonchev–Trinajstić information content (AvgIpc) is 2.45. The monoisotopic (exact) mass is 263 g/mol. The van der Waals surface area contributed by atoms with Gasteiger partial charge < -0.3 is 15.4 Å². The minimum absolute atomic E-state index is 0.859. The molecule has 2 N–H and O–H groups in total. The average molecular weight is 263 g/mol. The number of hydrogen-bond acceptors (Lipinski definition) is 2. The molecule has 0 amide bonds. The van der Waals surface area contributed by atoms with Crippen molar-refractivity contribution < 1.29 is 4.74 Å². The van der Waals surface area contributed by atoms with Gasteiger partial charge in [0.1, 0.15) is 5.75 Å². The maximum Gasteiger partial charge on any atom is 0.191 e. The van der Waals surface area contributed by atoms with Crippen LogP contribution in [-0.2, 0) is 6.42 Å². The number of hydrogen-bond donors (Lipinski definition) is 2. The van der Waals surface area contributed by atoms with Crippen molar-refractivity contribution in [1.82, 2.24) is 10.6 Å². The van der Waals surface area contributed by atoms with Crippen LogP contribution >= 0.6 is 0 Å². The first-order valence-electron chi connectivity index (χ1n) is 6.95. The highest BCUT2D eigenvalue weighted by Gasteiger charge is 1.98. The van der Waals surface area contributed by atoms with Crippen molar-refractivity contribution in [3.8, 4) is 5.75 Å². The van der Waals surface area contributed by atoms with Crippen LogP contribution in [0.1, 0.15) is 25.8 Å². The molecule has 0 unspecified atom stereocenters. The Labute approximate surface area is 116 Å². The molecule has 0 bridgehead atoms. The van der Waals surface area contributed by atoms with Crippen LogP contribution in [-0.4, -0.2) is 32.7 Å². The summed E-state index contributed by atoms with van der Waals surface area (Å²) in [7, 11) is 1.68. The Morgan fingerprint density at radius 3 is 2.47 bits per heavy atom. The van der Waals surface area contributed by atoms with E-state index in [1.165, 1.54) is 5.56 Å². The molecule has 0 radical (unpaired) electrons. The number of rotatable bonds is 7. The summed E-state index contributed by atoms with van der Waals surface area (Å²) in [5.41, 5.74) is 1.29. The summed E-state index contributed by atoms with van der Waals surface area (Å²) in [5.74, 6) is 1.80.